The van der Waals surface area contributed by atoms with E-state index in [-0.39, 0.29) is 5.92 Å². The predicted octanol–water partition coefficient (Wildman–Crippen LogP) is 16.7. The quantitative estimate of drug-likeness (QED) is 0.163. The number of hydrogen-bond donors (Lipinski definition) is 0. The van der Waals surface area contributed by atoms with E-state index in [2.05, 4.69) is 205 Å². The van der Waals surface area contributed by atoms with Gasteiger partial charge in [0, 0.05) is 45.1 Å². The highest BCUT2D eigenvalue weighted by Gasteiger charge is 2.32. The van der Waals surface area contributed by atoms with E-state index in [1.54, 1.807) is 0 Å². The molecular formula is C59H39NO2. The molecule has 0 aliphatic heterocycles. The van der Waals surface area contributed by atoms with E-state index in [4.69, 9.17) is 8.83 Å². The summed E-state index contributed by atoms with van der Waals surface area (Å²) in [7, 11) is 0. The van der Waals surface area contributed by atoms with Crippen LogP contribution in [0, 0.1) is 0 Å². The molecule has 2 heterocycles. The summed E-state index contributed by atoms with van der Waals surface area (Å²) < 4.78 is 13.5. The Morgan fingerprint density at radius 3 is 1.89 bits per heavy atom. The molecule has 62 heavy (non-hydrogen) atoms. The van der Waals surface area contributed by atoms with Gasteiger partial charge in [0.2, 0.25) is 0 Å². The van der Waals surface area contributed by atoms with Gasteiger partial charge in [0.15, 0.2) is 0 Å². The van der Waals surface area contributed by atoms with Crippen molar-refractivity contribution in [2.75, 3.05) is 4.90 Å². The first kappa shape index (κ1) is 34.9. The topological polar surface area (TPSA) is 29.5 Å². The van der Waals surface area contributed by atoms with Crippen molar-refractivity contribution in [2.45, 2.75) is 18.8 Å². The summed E-state index contributed by atoms with van der Waals surface area (Å²) in [6, 6.07) is 75.1. The van der Waals surface area contributed by atoms with Crippen LogP contribution in [0.3, 0.4) is 0 Å². The molecule has 0 amide bonds. The number of aryl methyl sites for hydroxylation is 1. The van der Waals surface area contributed by atoms with E-state index in [1.165, 1.54) is 60.5 Å². The van der Waals surface area contributed by atoms with Crippen molar-refractivity contribution in [3.8, 4) is 22.3 Å². The molecule has 2 aromatic heterocycles. The smallest absolute Gasteiger partial charge is 0.137 e. The van der Waals surface area contributed by atoms with Gasteiger partial charge in [-0.1, -0.05) is 146 Å². The molecular weight excluding hydrogens is 755 g/mol. The van der Waals surface area contributed by atoms with Gasteiger partial charge in [0.05, 0.1) is 11.1 Å². The summed E-state index contributed by atoms with van der Waals surface area (Å²) in [5, 5.41) is 9.43. The highest BCUT2D eigenvalue weighted by atomic mass is 16.3. The van der Waals surface area contributed by atoms with E-state index in [0.717, 1.165) is 73.8 Å². The van der Waals surface area contributed by atoms with Gasteiger partial charge in [-0.05, 0) is 122 Å². The molecule has 13 rings (SSSR count). The first-order valence-electron chi connectivity index (χ1n) is 21.6. The van der Waals surface area contributed by atoms with E-state index < -0.39 is 0 Å². The van der Waals surface area contributed by atoms with Crippen molar-refractivity contribution in [1.29, 1.82) is 0 Å². The number of fused-ring (bicyclic) bond motifs is 12. The Labute approximate surface area is 358 Å². The Morgan fingerprint density at radius 2 is 1.06 bits per heavy atom. The average Bonchev–Trinajstić information content (AvgIpc) is 3.85. The second-order valence-corrected chi connectivity index (χ2v) is 16.7. The van der Waals surface area contributed by atoms with Gasteiger partial charge >= 0.3 is 0 Å². The van der Waals surface area contributed by atoms with Gasteiger partial charge in [-0.2, -0.15) is 0 Å². The zero-order valence-electron chi connectivity index (χ0n) is 33.9. The van der Waals surface area contributed by atoms with Crippen molar-refractivity contribution in [1.82, 2.24) is 0 Å². The number of benzene rings is 10. The lowest BCUT2D eigenvalue weighted by molar-refractivity contribution is 0.667. The van der Waals surface area contributed by atoms with Crippen molar-refractivity contribution in [3.63, 3.8) is 0 Å². The van der Waals surface area contributed by atoms with Crippen LogP contribution >= 0.6 is 0 Å². The summed E-state index contributed by atoms with van der Waals surface area (Å²) in [4.78, 5) is 2.46. The monoisotopic (exact) mass is 793 g/mol. The van der Waals surface area contributed by atoms with Gasteiger partial charge < -0.3 is 13.7 Å². The molecule has 0 fully saturated rings. The average molecular weight is 794 g/mol. The minimum atomic E-state index is 0.189. The van der Waals surface area contributed by atoms with Crippen LogP contribution in [0.25, 0.3) is 87.7 Å². The molecule has 0 saturated carbocycles. The lowest BCUT2D eigenvalue weighted by atomic mass is 9.83. The van der Waals surface area contributed by atoms with Crippen molar-refractivity contribution in [2.24, 2.45) is 0 Å². The zero-order valence-corrected chi connectivity index (χ0v) is 33.9. The molecule has 0 N–H and O–H groups in total. The normalized spacial score (nSPS) is 13.8. The number of nitrogens with zero attached hydrogens (tertiary/aromatic N) is 1. The number of furan rings is 2. The fourth-order valence-corrected chi connectivity index (χ4v) is 10.5. The molecule has 1 aliphatic rings. The van der Waals surface area contributed by atoms with Crippen LogP contribution in [0.2, 0.25) is 0 Å². The third kappa shape index (κ3) is 5.38. The maximum atomic E-state index is 6.87. The summed E-state index contributed by atoms with van der Waals surface area (Å²) in [6.07, 6.45) is 1.84. The van der Waals surface area contributed by atoms with Gasteiger partial charge in [-0.3, -0.25) is 0 Å². The molecule has 10 aromatic carbocycles. The third-order valence-electron chi connectivity index (χ3n) is 13.3. The summed E-state index contributed by atoms with van der Waals surface area (Å²) >= 11 is 0. The molecule has 1 aliphatic carbocycles. The predicted molar refractivity (Wildman–Crippen MR) is 258 cm³/mol. The lowest BCUT2D eigenvalue weighted by Crippen LogP contribution is -2.13. The molecule has 292 valence electrons. The largest absolute Gasteiger partial charge is 0.456 e. The molecule has 0 bridgehead atoms. The minimum absolute atomic E-state index is 0.189. The van der Waals surface area contributed by atoms with E-state index in [9.17, 15) is 0 Å². The SMILES string of the molecule is c1ccc(C2CCc3cc4oc5ccccc5c4c(N(c4ccccc4)c4ccc5c(c4)oc4ccccc45)c3-c3cc(-c4cc5ccccc5c5ccccc45)ccc32)cc1. The zero-order chi connectivity index (χ0) is 40.7. The number of anilines is 3. The summed E-state index contributed by atoms with van der Waals surface area (Å²) in [5.41, 5.74) is 15.5. The molecule has 0 saturated heterocycles. The summed E-state index contributed by atoms with van der Waals surface area (Å²) in [5.74, 6) is 0.189. The molecule has 1 unspecified atom stereocenters. The second-order valence-electron chi connectivity index (χ2n) is 16.7. The maximum absolute atomic E-state index is 6.87. The number of para-hydroxylation sites is 3. The Morgan fingerprint density at radius 1 is 0.419 bits per heavy atom. The minimum Gasteiger partial charge on any atom is -0.456 e. The van der Waals surface area contributed by atoms with Crippen LogP contribution in [0.4, 0.5) is 17.1 Å². The molecule has 3 heteroatoms. The molecule has 0 spiro atoms. The molecule has 0 radical (unpaired) electrons. The lowest BCUT2D eigenvalue weighted by Gasteiger charge is -2.30. The fraction of sp³-hybridized carbons (Fsp3) is 0.0508. The Kier molecular flexibility index (Phi) is 7.80. The number of rotatable bonds is 5. The van der Waals surface area contributed by atoms with Gasteiger partial charge in [0.25, 0.3) is 0 Å². The van der Waals surface area contributed by atoms with Gasteiger partial charge in [-0.15, -0.1) is 0 Å². The standard InChI is InChI=1S/C59H39NO2/c1-3-15-37(16-4-1)44-30-28-40-35-56-58(50-24-12-14-26-54(50)62-56)59(60(41-18-5-2-6-19-41)42-29-32-49-48-23-11-13-25-53(48)61-55(49)36-42)57(40)52-34-39(27-31-47(44)52)51-33-38-17-7-8-20-43(38)45-21-9-10-22-46(45)51/h1-27,29,31-36,44H,28,30H2. The first-order chi connectivity index (χ1) is 30.7. The Hall–Kier alpha value is -7.88. The van der Waals surface area contributed by atoms with Crippen LogP contribution in [-0.2, 0) is 6.42 Å². The summed E-state index contributed by atoms with van der Waals surface area (Å²) in [6.45, 7) is 0. The second kappa shape index (κ2) is 13.8. The maximum Gasteiger partial charge on any atom is 0.137 e. The highest BCUT2D eigenvalue weighted by Crippen LogP contribution is 2.54. The molecule has 1 atom stereocenters. The van der Waals surface area contributed by atoms with Crippen LogP contribution in [0.1, 0.15) is 29.0 Å². The van der Waals surface area contributed by atoms with E-state index >= 15 is 0 Å². The van der Waals surface area contributed by atoms with Gasteiger partial charge in [-0.25, -0.2) is 0 Å². The Balaban J connectivity index is 1.16. The third-order valence-corrected chi connectivity index (χ3v) is 13.3. The van der Waals surface area contributed by atoms with Crippen LogP contribution < -0.4 is 4.90 Å². The van der Waals surface area contributed by atoms with E-state index in [0.29, 0.717) is 0 Å². The van der Waals surface area contributed by atoms with Crippen LogP contribution in [0.15, 0.2) is 215 Å². The fourth-order valence-electron chi connectivity index (χ4n) is 10.5. The molecule has 3 nitrogen and oxygen atoms in total. The number of hydrogen-bond acceptors (Lipinski definition) is 3. The Bertz CT molecular complexity index is 3710. The van der Waals surface area contributed by atoms with E-state index in [1.807, 2.05) is 6.07 Å². The first-order valence-corrected chi connectivity index (χ1v) is 21.6. The van der Waals surface area contributed by atoms with Crippen molar-refractivity contribution >= 4 is 82.5 Å². The van der Waals surface area contributed by atoms with Crippen molar-refractivity contribution < 1.29 is 8.83 Å². The van der Waals surface area contributed by atoms with Crippen LogP contribution in [-0.4, -0.2) is 0 Å². The van der Waals surface area contributed by atoms with Gasteiger partial charge in [0.1, 0.15) is 22.3 Å². The molecule has 12 aromatic rings. The van der Waals surface area contributed by atoms with Crippen molar-refractivity contribution in [3.05, 3.63) is 223 Å². The highest BCUT2D eigenvalue weighted by molar-refractivity contribution is 6.19. The van der Waals surface area contributed by atoms with Crippen LogP contribution in [0.5, 0.6) is 0 Å².